The molecule has 2 heterocycles. The van der Waals surface area contributed by atoms with Crippen molar-refractivity contribution in [3.63, 3.8) is 0 Å². The predicted octanol–water partition coefficient (Wildman–Crippen LogP) is 2.03. The minimum Gasteiger partial charge on any atom is -0.475 e. The molecule has 0 aromatic carbocycles. The summed E-state index contributed by atoms with van der Waals surface area (Å²) in [7, 11) is 1.69. The average molecular weight is 227 g/mol. The van der Waals surface area contributed by atoms with Crippen LogP contribution in [-0.4, -0.2) is 20.9 Å². The first-order valence-electron chi connectivity index (χ1n) is 4.10. The fourth-order valence-electron chi connectivity index (χ4n) is 1.19. The molecule has 2 rings (SSSR count). The number of carboxylic acid groups (broad SMARTS) is 1. The van der Waals surface area contributed by atoms with Crippen molar-refractivity contribution >= 4 is 17.6 Å². The molecule has 0 amide bonds. The highest BCUT2D eigenvalue weighted by atomic mass is 35.5. The number of halogens is 1. The molecular formula is C9H7ClN2O3. The Bertz CT molecular complexity index is 515. The van der Waals surface area contributed by atoms with Gasteiger partial charge in [0.25, 0.3) is 0 Å². The maximum Gasteiger partial charge on any atom is 0.371 e. The lowest BCUT2D eigenvalue weighted by molar-refractivity contribution is 0.0663. The lowest BCUT2D eigenvalue weighted by Crippen LogP contribution is -1.91. The fraction of sp³-hybridized carbons (Fsp3) is 0.111. The molecule has 2 aromatic rings. The molecule has 5 nitrogen and oxygen atoms in total. The lowest BCUT2D eigenvalue weighted by atomic mass is 10.3. The number of nitrogens with zero attached hydrogens (tertiary/aromatic N) is 2. The molecule has 6 heteroatoms. The van der Waals surface area contributed by atoms with Gasteiger partial charge in [-0.15, -0.1) is 0 Å². The van der Waals surface area contributed by atoms with Crippen LogP contribution in [0, 0.1) is 0 Å². The number of aryl methyl sites for hydroxylation is 1. The average Bonchev–Trinajstić information content (AvgIpc) is 2.76. The summed E-state index contributed by atoms with van der Waals surface area (Å²) in [6, 6.07) is 2.92. The first-order valence-corrected chi connectivity index (χ1v) is 4.48. The van der Waals surface area contributed by atoms with Gasteiger partial charge in [-0.25, -0.2) is 4.79 Å². The van der Waals surface area contributed by atoms with Crippen molar-refractivity contribution in [2.75, 3.05) is 0 Å². The van der Waals surface area contributed by atoms with Gasteiger partial charge in [0.15, 0.2) is 0 Å². The van der Waals surface area contributed by atoms with E-state index in [0.29, 0.717) is 16.5 Å². The van der Waals surface area contributed by atoms with Crippen molar-refractivity contribution in [3.05, 3.63) is 29.2 Å². The summed E-state index contributed by atoms with van der Waals surface area (Å²) in [6.45, 7) is 0. The Hall–Kier alpha value is -1.75. The van der Waals surface area contributed by atoms with Gasteiger partial charge < -0.3 is 9.52 Å². The van der Waals surface area contributed by atoms with E-state index in [1.54, 1.807) is 13.1 Å². The van der Waals surface area contributed by atoms with Gasteiger partial charge in [0.05, 0.1) is 11.8 Å². The topological polar surface area (TPSA) is 68.3 Å². The van der Waals surface area contributed by atoms with Crippen LogP contribution in [0.4, 0.5) is 0 Å². The highest BCUT2D eigenvalue weighted by Crippen LogP contribution is 2.28. The van der Waals surface area contributed by atoms with Crippen LogP contribution < -0.4 is 0 Å². The van der Waals surface area contributed by atoms with Crippen LogP contribution in [0.5, 0.6) is 0 Å². The summed E-state index contributed by atoms with van der Waals surface area (Å²) in [4.78, 5) is 10.6. The zero-order valence-corrected chi connectivity index (χ0v) is 8.52. The summed E-state index contributed by atoms with van der Waals surface area (Å²) in [5.74, 6) is -0.836. The maximum absolute atomic E-state index is 10.6. The Balaban J connectivity index is 2.46. The number of carbonyl (C=O) groups is 1. The minimum absolute atomic E-state index is 0.120. The van der Waals surface area contributed by atoms with E-state index >= 15 is 0 Å². The summed E-state index contributed by atoms with van der Waals surface area (Å²) in [5, 5.41) is 13.0. The van der Waals surface area contributed by atoms with Gasteiger partial charge >= 0.3 is 5.97 Å². The number of rotatable bonds is 2. The molecule has 0 saturated carbocycles. The molecule has 0 aliphatic rings. The fourth-order valence-corrected chi connectivity index (χ4v) is 1.37. The zero-order valence-electron chi connectivity index (χ0n) is 7.77. The summed E-state index contributed by atoms with van der Waals surface area (Å²) in [6.07, 6.45) is 1.52. The summed E-state index contributed by atoms with van der Waals surface area (Å²) < 4.78 is 6.56. The quantitative estimate of drug-likeness (QED) is 0.851. The Morgan fingerprint density at radius 3 is 2.80 bits per heavy atom. The molecule has 0 radical (unpaired) electrons. The molecule has 0 bridgehead atoms. The van der Waals surface area contributed by atoms with Crippen LogP contribution in [0.1, 0.15) is 10.6 Å². The van der Waals surface area contributed by atoms with E-state index in [1.165, 1.54) is 16.9 Å². The second-order valence-corrected chi connectivity index (χ2v) is 3.30. The van der Waals surface area contributed by atoms with E-state index in [2.05, 4.69) is 5.10 Å². The van der Waals surface area contributed by atoms with E-state index in [4.69, 9.17) is 21.1 Å². The van der Waals surface area contributed by atoms with Crippen LogP contribution in [0.3, 0.4) is 0 Å². The maximum atomic E-state index is 10.6. The van der Waals surface area contributed by atoms with Crippen molar-refractivity contribution in [1.82, 2.24) is 9.78 Å². The Morgan fingerprint density at radius 2 is 2.33 bits per heavy atom. The third kappa shape index (κ3) is 1.61. The molecule has 2 aromatic heterocycles. The van der Waals surface area contributed by atoms with E-state index in [1.807, 2.05) is 0 Å². The van der Waals surface area contributed by atoms with Crippen molar-refractivity contribution in [2.45, 2.75) is 0 Å². The predicted molar refractivity (Wildman–Crippen MR) is 52.9 cm³/mol. The Kier molecular flexibility index (Phi) is 2.24. The van der Waals surface area contributed by atoms with Gasteiger partial charge in [0.2, 0.25) is 5.76 Å². The van der Waals surface area contributed by atoms with Crippen molar-refractivity contribution < 1.29 is 14.3 Å². The second-order valence-electron chi connectivity index (χ2n) is 2.94. The van der Waals surface area contributed by atoms with Crippen LogP contribution >= 0.6 is 11.6 Å². The molecular weight excluding hydrogens is 220 g/mol. The molecule has 0 spiro atoms. The zero-order chi connectivity index (χ0) is 11.0. The second kappa shape index (κ2) is 3.43. The van der Waals surface area contributed by atoms with Gasteiger partial charge in [0.1, 0.15) is 10.9 Å². The largest absolute Gasteiger partial charge is 0.475 e. The van der Waals surface area contributed by atoms with Gasteiger partial charge in [-0.3, -0.25) is 4.68 Å². The number of hydrogen-bond acceptors (Lipinski definition) is 3. The molecule has 0 atom stereocenters. The normalized spacial score (nSPS) is 10.5. The minimum atomic E-state index is -1.11. The van der Waals surface area contributed by atoms with Crippen LogP contribution in [0.15, 0.2) is 22.7 Å². The molecule has 0 aliphatic carbocycles. The monoisotopic (exact) mass is 226 g/mol. The van der Waals surface area contributed by atoms with Gasteiger partial charge in [-0.05, 0) is 12.1 Å². The SMILES string of the molecule is Cn1ncc(-c2ccc(C(=O)O)o2)c1Cl. The van der Waals surface area contributed by atoms with E-state index in [-0.39, 0.29) is 5.76 Å². The first-order chi connectivity index (χ1) is 7.09. The van der Waals surface area contributed by atoms with E-state index in [9.17, 15) is 4.79 Å². The van der Waals surface area contributed by atoms with Crippen LogP contribution in [0.2, 0.25) is 5.15 Å². The third-order valence-electron chi connectivity index (χ3n) is 1.95. The number of carboxylic acids is 1. The van der Waals surface area contributed by atoms with Crippen molar-refractivity contribution in [3.8, 4) is 11.3 Å². The highest BCUT2D eigenvalue weighted by molar-refractivity contribution is 6.32. The molecule has 0 unspecified atom stereocenters. The van der Waals surface area contributed by atoms with E-state index in [0.717, 1.165) is 0 Å². The molecule has 78 valence electrons. The Morgan fingerprint density at radius 1 is 1.60 bits per heavy atom. The molecule has 0 fully saturated rings. The number of aromatic nitrogens is 2. The summed E-state index contributed by atoms with van der Waals surface area (Å²) >= 11 is 5.93. The highest BCUT2D eigenvalue weighted by Gasteiger charge is 2.14. The van der Waals surface area contributed by atoms with Gasteiger partial charge in [0, 0.05) is 7.05 Å². The molecule has 1 N–H and O–H groups in total. The summed E-state index contributed by atoms with van der Waals surface area (Å²) in [5.41, 5.74) is 0.576. The molecule has 0 saturated heterocycles. The number of aromatic carboxylic acids is 1. The van der Waals surface area contributed by atoms with E-state index < -0.39 is 5.97 Å². The van der Waals surface area contributed by atoms with Crippen LogP contribution in [-0.2, 0) is 7.05 Å². The van der Waals surface area contributed by atoms with Crippen molar-refractivity contribution in [1.29, 1.82) is 0 Å². The standard InChI is InChI=1S/C9H7ClN2O3/c1-12-8(10)5(4-11-12)6-2-3-7(15-6)9(13)14/h2-4H,1H3,(H,13,14). The smallest absolute Gasteiger partial charge is 0.371 e. The van der Waals surface area contributed by atoms with Gasteiger partial charge in [-0.2, -0.15) is 5.10 Å². The Labute approximate surface area is 89.9 Å². The van der Waals surface area contributed by atoms with Crippen molar-refractivity contribution in [2.24, 2.45) is 7.05 Å². The number of hydrogen-bond donors (Lipinski definition) is 1. The van der Waals surface area contributed by atoms with Crippen LogP contribution in [0.25, 0.3) is 11.3 Å². The molecule has 0 aliphatic heterocycles. The molecule has 15 heavy (non-hydrogen) atoms. The van der Waals surface area contributed by atoms with Gasteiger partial charge in [-0.1, -0.05) is 11.6 Å². The number of furan rings is 1. The first kappa shape index (κ1) is 9.79. The lowest BCUT2D eigenvalue weighted by Gasteiger charge is -1.93. The third-order valence-corrected chi connectivity index (χ3v) is 2.40.